The molecule has 0 aliphatic carbocycles. The van der Waals surface area contributed by atoms with Crippen molar-refractivity contribution in [1.82, 2.24) is 10.2 Å². The topological polar surface area (TPSA) is 86.8 Å². The number of carbonyl (C=O) groups is 2. The average molecular weight is 494 g/mol. The molecule has 0 bridgehead atoms. The second kappa shape index (κ2) is 10.6. The second-order valence-corrected chi connectivity index (χ2v) is 11.5. The second-order valence-electron chi connectivity index (χ2n) is 9.12. The van der Waals surface area contributed by atoms with Gasteiger partial charge in [-0.25, -0.2) is 8.42 Å². The number of carbonyl (C=O) groups excluding carboxylic acids is 2. The largest absolute Gasteiger partial charge is 0.350 e. The predicted octanol–water partition coefficient (Wildman–Crippen LogP) is 3.75. The van der Waals surface area contributed by atoms with Gasteiger partial charge in [0.2, 0.25) is 21.8 Å². The Kier molecular flexibility index (Phi) is 8.54. The first-order valence-electron chi connectivity index (χ1n) is 10.6. The maximum atomic E-state index is 13.5. The first-order chi connectivity index (χ1) is 15.2. The van der Waals surface area contributed by atoms with Crippen LogP contribution in [0.3, 0.4) is 0 Å². The lowest BCUT2D eigenvalue weighted by Crippen LogP contribution is -2.54. The van der Waals surface area contributed by atoms with Gasteiger partial charge in [0.25, 0.3) is 0 Å². The van der Waals surface area contributed by atoms with Gasteiger partial charge in [0.1, 0.15) is 12.6 Å². The van der Waals surface area contributed by atoms with Gasteiger partial charge in [-0.2, -0.15) is 0 Å². The van der Waals surface area contributed by atoms with Crippen LogP contribution in [0.4, 0.5) is 5.69 Å². The van der Waals surface area contributed by atoms with Crippen LogP contribution in [0, 0.1) is 6.92 Å². The molecule has 2 rings (SSSR count). The zero-order valence-electron chi connectivity index (χ0n) is 19.9. The summed E-state index contributed by atoms with van der Waals surface area (Å²) < 4.78 is 26.3. The van der Waals surface area contributed by atoms with Gasteiger partial charge in [-0.05, 0) is 63.9 Å². The van der Waals surface area contributed by atoms with Crippen LogP contribution in [-0.2, 0) is 26.2 Å². The summed E-state index contributed by atoms with van der Waals surface area (Å²) in [5, 5.41) is 3.39. The highest BCUT2D eigenvalue weighted by Gasteiger charge is 2.31. The average Bonchev–Trinajstić information content (AvgIpc) is 2.68. The van der Waals surface area contributed by atoms with Crippen molar-refractivity contribution in [3.05, 3.63) is 64.7 Å². The summed E-state index contributed by atoms with van der Waals surface area (Å²) in [5.41, 5.74) is 1.38. The Labute approximate surface area is 201 Å². The Morgan fingerprint density at radius 1 is 1.09 bits per heavy atom. The number of rotatable bonds is 8. The smallest absolute Gasteiger partial charge is 0.244 e. The van der Waals surface area contributed by atoms with E-state index in [1.165, 1.54) is 4.90 Å². The molecule has 0 unspecified atom stereocenters. The normalized spacial score (nSPS) is 12.7. The fourth-order valence-corrected chi connectivity index (χ4v) is 4.45. The molecule has 2 aromatic rings. The van der Waals surface area contributed by atoms with E-state index in [4.69, 9.17) is 11.6 Å². The molecule has 180 valence electrons. The minimum atomic E-state index is -3.76. The van der Waals surface area contributed by atoms with Crippen molar-refractivity contribution in [3.63, 3.8) is 0 Å². The van der Waals surface area contributed by atoms with Crippen LogP contribution >= 0.6 is 11.6 Å². The van der Waals surface area contributed by atoms with Crippen molar-refractivity contribution in [2.24, 2.45) is 0 Å². The van der Waals surface area contributed by atoms with Gasteiger partial charge in [-0.3, -0.25) is 13.9 Å². The maximum absolute atomic E-state index is 13.5. The molecule has 7 nitrogen and oxygen atoms in total. The van der Waals surface area contributed by atoms with Crippen LogP contribution in [0.15, 0.2) is 48.5 Å². The first-order valence-corrected chi connectivity index (χ1v) is 12.8. The Hall–Kier alpha value is -2.58. The van der Waals surface area contributed by atoms with Gasteiger partial charge in [0.05, 0.1) is 11.9 Å². The number of benzene rings is 2. The highest BCUT2D eigenvalue weighted by atomic mass is 35.5. The van der Waals surface area contributed by atoms with Crippen LogP contribution in [0.1, 0.15) is 38.8 Å². The van der Waals surface area contributed by atoms with Crippen molar-refractivity contribution in [2.75, 3.05) is 17.1 Å². The summed E-state index contributed by atoms with van der Waals surface area (Å²) in [7, 11) is -3.76. The van der Waals surface area contributed by atoms with E-state index in [0.717, 1.165) is 21.7 Å². The van der Waals surface area contributed by atoms with Crippen molar-refractivity contribution in [2.45, 2.75) is 52.7 Å². The minimum Gasteiger partial charge on any atom is -0.350 e. The monoisotopic (exact) mass is 493 g/mol. The number of hydrogen-bond donors (Lipinski definition) is 1. The molecule has 0 saturated heterocycles. The van der Waals surface area contributed by atoms with E-state index in [2.05, 4.69) is 5.32 Å². The van der Waals surface area contributed by atoms with E-state index < -0.39 is 34.1 Å². The number of aryl methyl sites for hydroxylation is 1. The van der Waals surface area contributed by atoms with Crippen LogP contribution < -0.4 is 9.62 Å². The minimum absolute atomic E-state index is 0.101. The molecule has 0 aliphatic rings. The molecule has 0 fully saturated rings. The molecule has 0 aliphatic heterocycles. The molecule has 1 N–H and O–H groups in total. The Morgan fingerprint density at radius 3 is 2.27 bits per heavy atom. The highest BCUT2D eigenvalue weighted by Crippen LogP contribution is 2.23. The fraction of sp³-hybridized carbons (Fsp3) is 0.417. The van der Waals surface area contributed by atoms with Crippen molar-refractivity contribution < 1.29 is 18.0 Å². The third-order valence-electron chi connectivity index (χ3n) is 4.97. The molecule has 2 aromatic carbocycles. The number of amides is 2. The Balaban J connectivity index is 2.42. The van der Waals surface area contributed by atoms with E-state index in [1.54, 1.807) is 62.4 Å². The zero-order valence-corrected chi connectivity index (χ0v) is 21.5. The number of sulfonamides is 1. The number of para-hydroxylation sites is 1. The van der Waals surface area contributed by atoms with Crippen molar-refractivity contribution in [3.8, 4) is 0 Å². The van der Waals surface area contributed by atoms with Crippen molar-refractivity contribution >= 4 is 39.1 Å². The standard InChI is InChI=1S/C24H32ClN3O4S/c1-17-10-7-8-13-21(17)28(33(6,31)32)16-22(29)27(15-19-11-9-12-20(25)14-19)18(2)23(30)26-24(3,4)5/h7-14,18H,15-16H2,1-6H3,(H,26,30)/t18-/m0/s1. The maximum Gasteiger partial charge on any atom is 0.244 e. The lowest BCUT2D eigenvalue weighted by atomic mass is 10.1. The summed E-state index contributed by atoms with van der Waals surface area (Å²) in [4.78, 5) is 27.8. The third kappa shape index (κ3) is 7.75. The van der Waals surface area contributed by atoms with Gasteiger partial charge in [0.15, 0.2) is 0 Å². The van der Waals surface area contributed by atoms with E-state index in [0.29, 0.717) is 10.7 Å². The van der Waals surface area contributed by atoms with E-state index in [-0.39, 0.29) is 12.5 Å². The first kappa shape index (κ1) is 26.7. The van der Waals surface area contributed by atoms with Gasteiger partial charge in [0, 0.05) is 17.1 Å². The summed E-state index contributed by atoms with van der Waals surface area (Å²) >= 11 is 6.11. The van der Waals surface area contributed by atoms with E-state index in [9.17, 15) is 18.0 Å². The third-order valence-corrected chi connectivity index (χ3v) is 6.33. The number of nitrogens with zero attached hydrogens (tertiary/aromatic N) is 2. The van der Waals surface area contributed by atoms with Gasteiger partial charge in [-0.1, -0.05) is 41.9 Å². The van der Waals surface area contributed by atoms with E-state index in [1.807, 2.05) is 20.8 Å². The van der Waals surface area contributed by atoms with Gasteiger partial charge < -0.3 is 10.2 Å². The van der Waals surface area contributed by atoms with Crippen LogP contribution in [0.2, 0.25) is 5.02 Å². The van der Waals surface area contributed by atoms with Gasteiger partial charge >= 0.3 is 0 Å². The highest BCUT2D eigenvalue weighted by molar-refractivity contribution is 7.92. The number of hydrogen-bond acceptors (Lipinski definition) is 4. The molecule has 9 heteroatoms. The molecule has 0 spiro atoms. The molecular weight excluding hydrogens is 462 g/mol. The number of halogens is 1. The summed E-state index contributed by atoms with van der Waals surface area (Å²) in [6.07, 6.45) is 1.06. The summed E-state index contributed by atoms with van der Waals surface area (Å²) in [6, 6.07) is 13.1. The molecule has 2 amide bonds. The van der Waals surface area contributed by atoms with Crippen molar-refractivity contribution in [1.29, 1.82) is 0 Å². The van der Waals surface area contributed by atoms with Crippen LogP contribution in [-0.4, -0.2) is 49.5 Å². The molecule has 0 aromatic heterocycles. The van der Waals surface area contributed by atoms with Crippen LogP contribution in [0.5, 0.6) is 0 Å². The number of anilines is 1. The molecule has 0 saturated carbocycles. The quantitative estimate of drug-likeness (QED) is 0.606. The zero-order chi connectivity index (χ0) is 25.0. The van der Waals surface area contributed by atoms with E-state index >= 15 is 0 Å². The summed E-state index contributed by atoms with van der Waals surface area (Å²) in [5.74, 6) is -0.833. The molecule has 33 heavy (non-hydrogen) atoms. The lowest BCUT2D eigenvalue weighted by molar-refractivity contribution is -0.140. The van der Waals surface area contributed by atoms with Crippen LogP contribution in [0.25, 0.3) is 0 Å². The Bertz CT molecular complexity index is 1110. The fourth-order valence-electron chi connectivity index (χ4n) is 3.33. The Morgan fingerprint density at radius 2 is 1.73 bits per heavy atom. The number of nitrogens with one attached hydrogen (secondary N) is 1. The molecule has 0 radical (unpaired) electrons. The molecule has 0 heterocycles. The SMILES string of the molecule is Cc1ccccc1N(CC(=O)N(Cc1cccc(Cl)c1)[C@@H](C)C(=O)NC(C)(C)C)S(C)(=O)=O. The summed E-state index contributed by atoms with van der Waals surface area (Å²) in [6.45, 7) is 8.63. The lowest BCUT2D eigenvalue weighted by Gasteiger charge is -2.33. The molecule has 1 atom stereocenters. The predicted molar refractivity (Wildman–Crippen MR) is 133 cm³/mol. The molecular formula is C24H32ClN3O4S. The van der Waals surface area contributed by atoms with Gasteiger partial charge in [-0.15, -0.1) is 0 Å².